The lowest BCUT2D eigenvalue weighted by molar-refractivity contribution is -0.113. The lowest BCUT2D eigenvalue weighted by Gasteiger charge is -2.03. The largest absolute Gasteiger partial charge is 0.366 e. The smallest absolute Gasteiger partial charge is 0.251 e. The van der Waals surface area contributed by atoms with Gasteiger partial charge in [0.1, 0.15) is 5.00 Å². The van der Waals surface area contributed by atoms with Gasteiger partial charge in [-0.3, -0.25) is 9.59 Å². The lowest BCUT2D eigenvalue weighted by atomic mass is 10.3. The molecule has 2 rings (SSSR count). The first-order valence-electron chi connectivity index (χ1n) is 6.36. The molecule has 0 bridgehead atoms. The van der Waals surface area contributed by atoms with Gasteiger partial charge in [-0.25, -0.2) is 0 Å². The molecule has 0 radical (unpaired) electrons. The number of hydrogen-bond donors (Lipinski definition) is 2. The Morgan fingerprint density at radius 2 is 2.05 bits per heavy atom. The predicted molar refractivity (Wildman–Crippen MR) is 93.1 cm³/mol. The quantitative estimate of drug-likeness (QED) is 0.690. The van der Waals surface area contributed by atoms with Crippen molar-refractivity contribution in [2.24, 2.45) is 5.73 Å². The van der Waals surface area contributed by atoms with Gasteiger partial charge in [-0.1, -0.05) is 41.8 Å². The molecule has 0 aromatic carbocycles. The van der Waals surface area contributed by atoms with E-state index in [-0.39, 0.29) is 11.7 Å². The van der Waals surface area contributed by atoms with Crippen LogP contribution < -0.4 is 11.1 Å². The molecule has 0 aliphatic rings. The molecule has 0 atom stereocenters. The van der Waals surface area contributed by atoms with Gasteiger partial charge in [0.15, 0.2) is 8.68 Å². The van der Waals surface area contributed by atoms with E-state index in [4.69, 9.17) is 5.73 Å². The summed E-state index contributed by atoms with van der Waals surface area (Å²) in [6, 6.07) is 1.59. The van der Waals surface area contributed by atoms with Gasteiger partial charge in [0, 0.05) is 5.75 Å². The molecule has 0 fully saturated rings. The summed E-state index contributed by atoms with van der Waals surface area (Å²) in [5.41, 5.74) is 5.57. The molecule has 0 saturated heterocycles. The van der Waals surface area contributed by atoms with Gasteiger partial charge in [-0.05, 0) is 17.9 Å². The number of amides is 2. The highest BCUT2D eigenvalue weighted by Crippen LogP contribution is 2.29. The summed E-state index contributed by atoms with van der Waals surface area (Å²) in [4.78, 5) is 23.1. The fraction of sp³-hybridized carbons (Fsp3) is 0.333. The third kappa shape index (κ3) is 4.97. The van der Waals surface area contributed by atoms with E-state index in [0.29, 0.717) is 10.6 Å². The minimum absolute atomic E-state index is 0.201. The van der Waals surface area contributed by atoms with Gasteiger partial charge in [-0.2, -0.15) is 0 Å². The number of rotatable bonds is 8. The molecule has 0 aliphatic carbocycles. The third-order valence-corrected chi connectivity index (χ3v) is 6.55. The van der Waals surface area contributed by atoms with Crippen molar-refractivity contribution < 1.29 is 9.59 Å². The molecular weight excluding hydrogens is 360 g/mol. The summed E-state index contributed by atoms with van der Waals surface area (Å²) >= 11 is 5.75. The number of anilines is 1. The predicted octanol–water partition coefficient (Wildman–Crippen LogP) is 2.93. The van der Waals surface area contributed by atoms with Crippen LogP contribution in [0.25, 0.3) is 0 Å². The highest BCUT2D eigenvalue weighted by Gasteiger charge is 2.13. The summed E-state index contributed by atoms with van der Waals surface area (Å²) in [5.74, 6) is 0.468. The van der Waals surface area contributed by atoms with Crippen molar-refractivity contribution in [3.8, 4) is 0 Å². The van der Waals surface area contributed by atoms with Crippen molar-refractivity contribution in [1.82, 2.24) is 10.2 Å². The second kappa shape index (κ2) is 8.51. The van der Waals surface area contributed by atoms with Crippen molar-refractivity contribution in [3.05, 3.63) is 17.0 Å². The Morgan fingerprint density at radius 3 is 2.73 bits per heavy atom. The number of aromatic nitrogens is 2. The number of carbonyl (C=O) groups is 2. The first-order chi connectivity index (χ1) is 10.6. The van der Waals surface area contributed by atoms with E-state index in [1.807, 2.05) is 0 Å². The Morgan fingerprint density at radius 1 is 1.32 bits per heavy atom. The molecule has 0 saturated carbocycles. The highest BCUT2D eigenvalue weighted by molar-refractivity contribution is 8.03. The standard InChI is InChI=1S/C12H14N4O2S4/c1-2-4-20-11-15-16-12(22-11)21-6-8(17)14-10-7(9(13)18)3-5-19-10/h3,5H,2,4,6H2,1H3,(H2,13,18)(H,14,17). The number of nitrogens with one attached hydrogen (secondary N) is 1. The van der Waals surface area contributed by atoms with Crippen LogP contribution in [0.5, 0.6) is 0 Å². The first kappa shape index (κ1) is 17.3. The summed E-state index contributed by atoms with van der Waals surface area (Å²) < 4.78 is 1.68. The normalized spacial score (nSPS) is 10.6. The van der Waals surface area contributed by atoms with Crippen LogP contribution in [0.1, 0.15) is 23.7 Å². The number of nitrogens with two attached hydrogens (primary N) is 1. The Kier molecular flexibility index (Phi) is 6.68. The average molecular weight is 375 g/mol. The van der Waals surface area contributed by atoms with Crippen LogP contribution in [0.2, 0.25) is 0 Å². The van der Waals surface area contributed by atoms with Crippen LogP contribution in [-0.2, 0) is 4.79 Å². The van der Waals surface area contributed by atoms with Crippen molar-refractivity contribution in [1.29, 1.82) is 0 Å². The molecule has 0 spiro atoms. The summed E-state index contributed by atoms with van der Waals surface area (Å²) in [6.07, 6.45) is 1.08. The van der Waals surface area contributed by atoms with E-state index in [0.717, 1.165) is 20.9 Å². The van der Waals surface area contributed by atoms with Crippen molar-refractivity contribution in [3.63, 3.8) is 0 Å². The third-order valence-electron chi connectivity index (χ3n) is 2.33. The number of carbonyl (C=O) groups excluding carboxylic acids is 2. The highest BCUT2D eigenvalue weighted by atomic mass is 32.2. The minimum Gasteiger partial charge on any atom is -0.366 e. The molecule has 0 aliphatic heterocycles. The monoisotopic (exact) mass is 374 g/mol. The zero-order valence-electron chi connectivity index (χ0n) is 11.7. The Hall–Kier alpha value is -1.10. The summed E-state index contributed by atoms with van der Waals surface area (Å²) in [6.45, 7) is 2.11. The lowest BCUT2D eigenvalue weighted by Crippen LogP contribution is -2.17. The molecular formula is C12H14N4O2S4. The number of hydrogen-bond acceptors (Lipinski definition) is 8. The summed E-state index contributed by atoms with van der Waals surface area (Å²) in [5, 5.41) is 13.0. The van der Waals surface area contributed by atoms with E-state index in [1.54, 1.807) is 23.2 Å². The summed E-state index contributed by atoms with van der Waals surface area (Å²) in [7, 11) is 0. The molecule has 22 heavy (non-hydrogen) atoms. The molecule has 0 unspecified atom stereocenters. The zero-order chi connectivity index (χ0) is 15.9. The first-order valence-corrected chi connectivity index (χ1v) is 10.0. The Balaban J connectivity index is 1.83. The maximum Gasteiger partial charge on any atom is 0.251 e. The topological polar surface area (TPSA) is 98.0 Å². The van der Waals surface area contributed by atoms with Gasteiger partial charge in [0.05, 0.1) is 11.3 Å². The van der Waals surface area contributed by atoms with Gasteiger partial charge < -0.3 is 11.1 Å². The Labute approximate surface area is 144 Å². The molecule has 2 aromatic rings. The molecule has 2 aromatic heterocycles. The molecule has 6 nitrogen and oxygen atoms in total. The van der Waals surface area contributed by atoms with Crippen LogP contribution in [0.3, 0.4) is 0 Å². The van der Waals surface area contributed by atoms with Crippen LogP contribution in [0, 0.1) is 0 Å². The maximum absolute atomic E-state index is 11.9. The minimum atomic E-state index is -0.550. The van der Waals surface area contributed by atoms with Crippen molar-refractivity contribution in [2.75, 3.05) is 16.8 Å². The van der Waals surface area contributed by atoms with Crippen molar-refractivity contribution >= 4 is 63.0 Å². The molecule has 2 heterocycles. The number of nitrogens with zero attached hydrogens (tertiary/aromatic N) is 2. The average Bonchev–Trinajstić information content (AvgIpc) is 3.12. The zero-order valence-corrected chi connectivity index (χ0v) is 15.0. The van der Waals surface area contributed by atoms with Gasteiger partial charge >= 0.3 is 0 Å². The van der Waals surface area contributed by atoms with E-state index in [1.165, 1.54) is 34.4 Å². The maximum atomic E-state index is 11.9. The van der Waals surface area contributed by atoms with Gasteiger partial charge in [-0.15, -0.1) is 21.5 Å². The van der Waals surface area contributed by atoms with Gasteiger partial charge in [0.25, 0.3) is 5.91 Å². The molecule has 3 N–H and O–H groups in total. The SMILES string of the molecule is CCCSc1nnc(SCC(=O)Nc2sccc2C(N)=O)s1. The van der Waals surface area contributed by atoms with Gasteiger partial charge in [0.2, 0.25) is 5.91 Å². The van der Waals surface area contributed by atoms with Crippen LogP contribution in [0.4, 0.5) is 5.00 Å². The second-order valence-electron chi connectivity index (χ2n) is 4.05. The van der Waals surface area contributed by atoms with Crippen LogP contribution in [-0.4, -0.2) is 33.5 Å². The van der Waals surface area contributed by atoms with Crippen LogP contribution in [0.15, 0.2) is 20.1 Å². The number of thioether (sulfide) groups is 2. The van der Waals surface area contributed by atoms with E-state index in [9.17, 15) is 9.59 Å². The molecule has 10 heteroatoms. The molecule has 2 amide bonds. The number of primary amides is 1. The second-order valence-corrected chi connectivity index (χ2v) is 8.50. The van der Waals surface area contributed by atoms with E-state index in [2.05, 4.69) is 22.4 Å². The fourth-order valence-corrected chi connectivity index (χ4v) is 4.95. The van der Waals surface area contributed by atoms with E-state index >= 15 is 0 Å². The fourth-order valence-electron chi connectivity index (χ4n) is 1.39. The van der Waals surface area contributed by atoms with Crippen LogP contribution >= 0.6 is 46.2 Å². The Bertz CT molecular complexity index is 655. The number of thiophene rings is 1. The van der Waals surface area contributed by atoms with E-state index < -0.39 is 5.91 Å². The molecule has 118 valence electrons. The van der Waals surface area contributed by atoms with Crippen molar-refractivity contribution in [2.45, 2.75) is 22.0 Å².